The van der Waals surface area contributed by atoms with Crippen LogP contribution >= 0.6 is 0 Å². The highest BCUT2D eigenvalue weighted by molar-refractivity contribution is 5.99. The number of fused-ring (bicyclic) bond motifs is 1. The van der Waals surface area contributed by atoms with Gasteiger partial charge in [-0.15, -0.1) is 5.06 Å². The molecule has 1 heterocycles. The molecular weight excluding hydrogens is 550 g/mol. The molecule has 1 aromatic heterocycles. The first-order valence-electron chi connectivity index (χ1n) is 12.4. The number of rotatable bonds is 9. The number of carbonyl (C=O) groups excluding carboxylic acids is 1. The molecule has 222 valence electrons. The van der Waals surface area contributed by atoms with Crippen LogP contribution in [0.2, 0.25) is 0 Å². The van der Waals surface area contributed by atoms with Gasteiger partial charge in [-0.05, 0) is 88.9 Å². The zero-order valence-corrected chi connectivity index (χ0v) is 23.2. The molecule has 0 saturated heterocycles. The Hall–Kier alpha value is -4.13. The van der Waals surface area contributed by atoms with E-state index in [-0.39, 0.29) is 11.4 Å². The number of anilines is 2. The molecule has 0 saturated carbocycles. The number of hydrogen-bond acceptors (Lipinski definition) is 7. The fourth-order valence-corrected chi connectivity index (χ4v) is 3.54. The average molecular weight is 582 g/mol. The van der Waals surface area contributed by atoms with E-state index in [1.165, 1.54) is 18.3 Å². The van der Waals surface area contributed by atoms with E-state index in [2.05, 4.69) is 15.0 Å². The number of hydroxylamine groups is 1. The van der Waals surface area contributed by atoms with Crippen molar-refractivity contribution in [1.82, 2.24) is 4.98 Å². The standard InChI is InChI=1S/C28H31F4N3O6/c1-26(2,3)40-25(38)35(41-27(4,5)6)22-20-12-9-18(15-17(20)13-14-33-22)34-21(23(36)37)16-7-10-19(11-8-16)39-28(31,32)24(29)30/h7-15,21,24,34H,1-6H3,(H,36,37). The fraction of sp³-hybridized carbons (Fsp3) is 0.393. The molecule has 2 aromatic carbocycles. The number of carboxylic acids is 1. The molecular formula is C28H31F4N3O6. The molecule has 13 heteroatoms. The number of hydrogen-bond donors (Lipinski definition) is 2. The summed E-state index contributed by atoms with van der Waals surface area (Å²) in [6.07, 6.45) is -8.05. The van der Waals surface area contributed by atoms with Gasteiger partial charge >= 0.3 is 24.6 Å². The van der Waals surface area contributed by atoms with Gasteiger partial charge in [-0.1, -0.05) is 12.1 Å². The van der Waals surface area contributed by atoms with Crippen LogP contribution in [-0.2, 0) is 14.4 Å². The predicted molar refractivity (Wildman–Crippen MR) is 143 cm³/mol. The number of nitrogens with one attached hydrogen (secondary N) is 1. The van der Waals surface area contributed by atoms with Crippen molar-refractivity contribution >= 4 is 34.3 Å². The van der Waals surface area contributed by atoms with Crippen molar-refractivity contribution in [2.24, 2.45) is 0 Å². The third-order valence-electron chi connectivity index (χ3n) is 5.14. The Labute approximate surface area is 234 Å². The average Bonchev–Trinajstić information content (AvgIpc) is 2.84. The van der Waals surface area contributed by atoms with Gasteiger partial charge in [0.05, 0.1) is 5.60 Å². The second-order valence-electron chi connectivity index (χ2n) is 11.0. The highest BCUT2D eigenvalue weighted by atomic mass is 19.3. The first-order chi connectivity index (χ1) is 18.9. The van der Waals surface area contributed by atoms with Crippen molar-refractivity contribution in [1.29, 1.82) is 0 Å². The van der Waals surface area contributed by atoms with E-state index in [9.17, 15) is 32.3 Å². The van der Waals surface area contributed by atoms with Gasteiger partial charge in [-0.2, -0.15) is 17.6 Å². The van der Waals surface area contributed by atoms with E-state index >= 15 is 0 Å². The van der Waals surface area contributed by atoms with Crippen LogP contribution in [0.1, 0.15) is 53.1 Å². The molecule has 3 rings (SSSR count). The number of aliphatic carboxylic acids is 1. The molecule has 0 spiro atoms. The second kappa shape index (κ2) is 11.8. The molecule has 0 fully saturated rings. The molecule has 9 nitrogen and oxygen atoms in total. The first kappa shape index (κ1) is 31.4. The summed E-state index contributed by atoms with van der Waals surface area (Å²) in [5.41, 5.74) is -1.08. The van der Waals surface area contributed by atoms with E-state index in [0.717, 1.165) is 17.2 Å². The summed E-state index contributed by atoms with van der Waals surface area (Å²) in [5, 5.41) is 14.7. The van der Waals surface area contributed by atoms with Crippen LogP contribution in [0.15, 0.2) is 54.7 Å². The number of carbonyl (C=O) groups is 2. The molecule has 2 N–H and O–H groups in total. The smallest absolute Gasteiger partial charge is 0.461 e. The summed E-state index contributed by atoms with van der Waals surface area (Å²) in [6, 6.07) is 9.43. The molecule has 0 aliphatic carbocycles. The quantitative estimate of drug-likeness (QED) is 0.202. The highest BCUT2D eigenvalue weighted by Gasteiger charge is 2.44. The van der Waals surface area contributed by atoms with Crippen LogP contribution in [-0.4, -0.2) is 45.9 Å². The van der Waals surface area contributed by atoms with E-state index in [0.29, 0.717) is 16.5 Å². The van der Waals surface area contributed by atoms with Gasteiger partial charge in [0.25, 0.3) is 0 Å². The van der Waals surface area contributed by atoms with Gasteiger partial charge in [0, 0.05) is 17.3 Å². The molecule has 0 aliphatic heterocycles. The Morgan fingerprint density at radius 1 is 0.951 bits per heavy atom. The molecule has 3 aromatic rings. The van der Waals surface area contributed by atoms with Gasteiger partial charge in [0.15, 0.2) is 11.9 Å². The molecule has 0 bridgehead atoms. The van der Waals surface area contributed by atoms with Crippen LogP contribution in [0.3, 0.4) is 0 Å². The summed E-state index contributed by atoms with van der Waals surface area (Å²) in [7, 11) is 0. The lowest BCUT2D eigenvalue weighted by Crippen LogP contribution is -2.42. The van der Waals surface area contributed by atoms with E-state index in [1.54, 1.807) is 65.8 Å². The number of alkyl halides is 4. The first-order valence-corrected chi connectivity index (χ1v) is 12.4. The molecule has 41 heavy (non-hydrogen) atoms. The summed E-state index contributed by atoms with van der Waals surface area (Å²) in [6.45, 7) is 10.4. The van der Waals surface area contributed by atoms with Crippen LogP contribution in [0, 0.1) is 0 Å². The number of ether oxygens (including phenoxy) is 2. The van der Waals surface area contributed by atoms with Crippen LogP contribution in [0.4, 0.5) is 33.9 Å². The molecule has 0 radical (unpaired) electrons. The van der Waals surface area contributed by atoms with Crippen molar-refractivity contribution in [3.63, 3.8) is 0 Å². The number of benzene rings is 2. The normalized spacial score (nSPS) is 13.1. The number of halogens is 4. The van der Waals surface area contributed by atoms with Gasteiger partial charge in [0.2, 0.25) is 0 Å². The molecule has 1 amide bonds. The SMILES string of the molecule is CC(C)(C)OC(=O)N(OC(C)(C)C)c1nccc2cc(NC(C(=O)O)c3ccc(OC(F)(F)C(F)F)cc3)ccc12. The lowest BCUT2D eigenvalue weighted by molar-refractivity contribution is -0.253. The minimum Gasteiger partial charge on any atom is -0.479 e. The number of carboxylic acid groups (broad SMARTS) is 1. The number of nitrogens with zero attached hydrogens (tertiary/aromatic N) is 2. The van der Waals surface area contributed by atoms with Gasteiger partial charge in [0.1, 0.15) is 11.4 Å². The minimum atomic E-state index is -4.69. The Morgan fingerprint density at radius 3 is 2.12 bits per heavy atom. The van der Waals surface area contributed by atoms with Crippen LogP contribution in [0.25, 0.3) is 10.8 Å². The number of pyridine rings is 1. The third-order valence-corrected chi connectivity index (χ3v) is 5.14. The maximum atomic E-state index is 13.2. The maximum absolute atomic E-state index is 13.2. The summed E-state index contributed by atoms with van der Waals surface area (Å²) in [5.74, 6) is -1.69. The van der Waals surface area contributed by atoms with Crippen LogP contribution < -0.4 is 15.1 Å². The predicted octanol–water partition coefficient (Wildman–Crippen LogP) is 7.18. The van der Waals surface area contributed by atoms with Gasteiger partial charge in [-0.3, -0.25) is 4.84 Å². The number of amides is 1. The zero-order valence-electron chi connectivity index (χ0n) is 23.2. The minimum absolute atomic E-state index is 0.149. The Kier molecular flexibility index (Phi) is 9.01. The Bertz CT molecular complexity index is 1390. The van der Waals surface area contributed by atoms with Crippen molar-refractivity contribution in [3.05, 3.63) is 60.3 Å². The van der Waals surface area contributed by atoms with Crippen molar-refractivity contribution in [2.75, 3.05) is 10.4 Å². The second-order valence-corrected chi connectivity index (χ2v) is 11.0. The maximum Gasteiger partial charge on any atom is 0.461 e. The van der Waals surface area contributed by atoms with E-state index in [1.807, 2.05) is 0 Å². The Morgan fingerprint density at radius 2 is 1.59 bits per heavy atom. The molecule has 1 atom stereocenters. The fourth-order valence-electron chi connectivity index (χ4n) is 3.54. The lowest BCUT2D eigenvalue weighted by atomic mass is 10.1. The third kappa shape index (κ3) is 8.43. The molecule has 0 aliphatic rings. The van der Waals surface area contributed by atoms with E-state index in [4.69, 9.17) is 9.57 Å². The van der Waals surface area contributed by atoms with Crippen molar-refractivity contribution in [3.8, 4) is 5.75 Å². The van der Waals surface area contributed by atoms with Gasteiger partial charge in [-0.25, -0.2) is 14.6 Å². The van der Waals surface area contributed by atoms with Crippen LogP contribution in [0.5, 0.6) is 5.75 Å². The summed E-state index contributed by atoms with van der Waals surface area (Å²) < 4.78 is 60.7. The van der Waals surface area contributed by atoms with Gasteiger partial charge < -0.3 is 19.9 Å². The topological polar surface area (TPSA) is 110 Å². The largest absolute Gasteiger partial charge is 0.479 e. The highest BCUT2D eigenvalue weighted by Crippen LogP contribution is 2.32. The number of aromatic nitrogens is 1. The summed E-state index contributed by atoms with van der Waals surface area (Å²) in [4.78, 5) is 35.3. The zero-order chi connectivity index (χ0) is 30.8. The molecule has 1 unspecified atom stereocenters. The van der Waals surface area contributed by atoms with Crippen molar-refractivity contribution in [2.45, 2.75) is 71.3 Å². The monoisotopic (exact) mass is 581 g/mol. The lowest BCUT2D eigenvalue weighted by Gasteiger charge is -2.31. The Balaban J connectivity index is 1.92. The van der Waals surface area contributed by atoms with E-state index < -0.39 is 47.6 Å². The summed E-state index contributed by atoms with van der Waals surface area (Å²) >= 11 is 0. The van der Waals surface area contributed by atoms with Crippen molar-refractivity contribution < 1.29 is 46.6 Å².